The normalized spacial score (nSPS) is 17.0. The first-order valence-electron chi connectivity index (χ1n) is 6.86. The molecule has 1 heterocycles. The summed E-state index contributed by atoms with van der Waals surface area (Å²) in [5, 5.41) is 16.7. The van der Waals surface area contributed by atoms with E-state index in [2.05, 4.69) is 10.6 Å². The van der Waals surface area contributed by atoms with Crippen LogP contribution < -0.4 is 10.6 Å². The molecule has 1 aromatic rings. The number of nitrogens with one attached hydrogen (secondary N) is 2. The van der Waals surface area contributed by atoms with Crippen molar-refractivity contribution in [2.45, 2.75) is 19.3 Å². The van der Waals surface area contributed by atoms with Crippen molar-refractivity contribution < 1.29 is 9.72 Å². The number of halogens is 1. The summed E-state index contributed by atoms with van der Waals surface area (Å²) < 4.78 is 0. The van der Waals surface area contributed by atoms with E-state index < -0.39 is 4.92 Å². The highest BCUT2D eigenvalue weighted by Gasteiger charge is 2.14. The van der Waals surface area contributed by atoms with E-state index in [1.807, 2.05) is 0 Å². The van der Waals surface area contributed by atoms with Gasteiger partial charge in [0.15, 0.2) is 0 Å². The number of carbonyl (C=O) groups is 1. The molecule has 0 bridgehead atoms. The van der Waals surface area contributed by atoms with Gasteiger partial charge in [-0.05, 0) is 37.4 Å². The van der Waals surface area contributed by atoms with Gasteiger partial charge in [-0.3, -0.25) is 14.9 Å². The number of non-ortho nitro benzene ring substituents is 1. The molecule has 1 aliphatic heterocycles. The van der Waals surface area contributed by atoms with Gasteiger partial charge in [-0.15, -0.1) is 12.4 Å². The highest BCUT2D eigenvalue weighted by Crippen LogP contribution is 2.13. The van der Waals surface area contributed by atoms with Gasteiger partial charge in [-0.2, -0.15) is 0 Å². The van der Waals surface area contributed by atoms with Gasteiger partial charge < -0.3 is 10.6 Å². The van der Waals surface area contributed by atoms with Crippen molar-refractivity contribution in [1.82, 2.24) is 10.6 Å². The van der Waals surface area contributed by atoms with Crippen LogP contribution >= 0.6 is 12.4 Å². The smallest absolute Gasteiger partial charge is 0.269 e. The fourth-order valence-electron chi connectivity index (χ4n) is 2.36. The van der Waals surface area contributed by atoms with Crippen molar-refractivity contribution in [2.75, 3.05) is 19.6 Å². The fourth-order valence-corrected chi connectivity index (χ4v) is 2.36. The van der Waals surface area contributed by atoms with Crippen LogP contribution in [0.5, 0.6) is 0 Å². The van der Waals surface area contributed by atoms with Crippen LogP contribution in [0, 0.1) is 16.0 Å². The molecule has 1 atom stereocenters. The molecule has 0 aliphatic carbocycles. The molecular weight excluding hydrogens is 294 g/mol. The summed E-state index contributed by atoms with van der Waals surface area (Å²) in [6, 6.07) is 6.09. The van der Waals surface area contributed by atoms with Gasteiger partial charge in [0.25, 0.3) is 5.69 Å². The van der Waals surface area contributed by atoms with Gasteiger partial charge >= 0.3 is 0 Å². The lowest BCUT2D eigenvalue weighted by Crippen LogP contribution is -2.27. The molecule has 7 heteroatoms. The minimum atomic E-state index is -0.445. The maximum Gasteiger partial charge on any atom is 0.269 e. The molecule has 1 aliphatic rings. The number of nitrogens with zero attached hydrogens (tertiary/aromatic N) is 1. The number of nitro benzene ring substituents is 1. The molecule has 0 saturated carbocycles. The average molecular weight is 314 g/mol. The largest absolute Gasteiger partial charge is 0.356 e. The number of rotatable bonds is 6. The zero-order valence-corrected chi connectivity index (χ0v) is 12.5. The Kier molecular flexibility index (Phi) is 7.11. The molecule has 116 valence electrons. The summed E-state index contributed by atoms with van der Waals surface area (Å²) in [5.74, 6) is 0.625. The van der Waals surface area contributed by atoms with Crippen LogP contribution in [0.1, 0.15) is 18.4 Å². The second kappa shape index (κ2) is 8.59. The monoisotopic (exact) mass is 313 g/mol. The van der Waals surface area contributed by atoms with Crippen LogP contribution in [0.4, 0.5) is 5.69 Å². The average Bonchev–Trinajstić information content (AvgIpc) is 2.92. The number of hydrogen-bond acceptors (Lipinski definition) is 4. The van der Waals surface area contributed by atoms with Crippen LogP contribution in [0.2, 0.25) is 0 Å². The van der Waals surface area contributed by atoms with Crippen molar-refractivity contribution in [3.63, 3.8) is 0 Å². The number of amides is 1. The highest BCUT2D eigenvalue weighted by atomic mass is 35.5. The van der Waals surface area contributed by atoms with Gasteiger partial charge in [-0.1, -0.05) is 12.1 Å². The molecule has 6 nitrogen and oxygen atoms in total. The topological polar surface area (TPSA) is 84.3 Å². The molecule has 1 amide bonds. The quantitative estimate of drug-likeness (QED) is 0.618. The van der Waals surface area contributed by atoms with E-state index in [9.17, 15) is 14.9 Å². The third kappa shape index (κ3) is 5.69. The summed E-state index contributed by atoms with van der Waals surface area (Å²) in [4.78, 5) is 21.8. The van der Waals surface area contributed by atoms with Crippen LogP contribution in [0.15, 0.2) is 24.3 Å². The van der Waals surface area contributed by atoms with Crippen LogP contribution in [-0.2, 0) is 11.2 Å². The van der Waals surface area contributed by atoms with E-state index in [1.54, 1.807) is 12.1 Å². The van der Waals surface area contributed by atoms with Crippen molar-refractivity contribution in [3.8, 4) is 0 Å². The molecule has 1 unspecified atom stereocenters. The van der Waals surface area contributed by atoms with Gasteiger partial charge in [0.1, 0.15) is 0 Å². The van der Waals surface area contributed by atoms with E-state index in [4.69, 9.17) is 0 Å². The Bertz CT molecular complexity index is 473. The number of benzene rings is 1. The Balaban J connectivity index is 0.00000220. The first-order chi connectivity index (χ1) is 9.65. The van der Waals surface area contributed by atoms with E-state index in [0.717, 1.165) is 25.1 Å². The second-order valence-corrected chi connectivity index (χ2v) is 5.10. The molecule has 2 N–H and O–H groups in total. The molecule has 1 saturated heterocycles. The van der Waals surface area contributed by atoms with E-state index in [0.29, 0.717) is 12.5 Å². The van der Waals surface area contributed by atoms with Gasteiger partial charge in [0.05, 0.1) is 11.3 Å². The third-order valence-electron chi connectivity index (χ3n) is 3.55. The molecule has 1 aromatic carbocycles. The molecule has 0 aromatic heterocycles. The van der Waals surface area contributed by atoms with Gasteiger partial charge in [0.2, 0.25) is 5.91 Å². The lowest BCUT2D eigenvalue weighted by atomic mass is 10.1. The Hall–Kier alpha value is -1.66. The highest BCUT2D eigenvalue weighted by molar-refractivity contribution is 5.85. The minimum absolute atomic E-state index is 0. The third-order valence-corrected chi connectivity index (χ3v) is 3.55. The number of hydrogen-bond donors (Lipinski definition) is 2. The first-order valence-corrected chi connectivity index (χ1v) is 6.86. The Morgan fingerprint density at radius 2 is 2.10 bits per heavy atom. The molecule has 21 heavy (non-hydrogen) atoms. The summed E-state index contributed by atoms with van der Waals surface area (Å²) in [5.41, 5.74) is 0.832. The second-order valence-electron chi connectivity index (χ2n) is 5.10. The maximum atomic E-state index is 11.7. The van der Waals surface area contributed by atoms with Gasteiger partial charge in [0, 0.05) is 18.7 Å². The number of nitro groups is 1. The van der Waals surface area contributed by atoms with E-state index >= 15 is 0 Å². The SMILES string of the molecule is Cl.O=C(Cc1ccc([N+](=O)[O-])cc1)NCCC1CCNC1. The van der Waals surface area contributed by atoms with Crippen LogP contribution in [0.3, 0.4) is 0 Å². The molecule has 1 fully saturated rings. The standard InChI is InChI=1S/C14H19N3O3.ClH/c18-14(16-8-6-12-5-7-15-10-12)9-11-1-3-13(4-2-11)17(19)20;/h1-4,12,15H,5-10H2,(H,16,18);1H. The summed E-state index contributed by atoms with van der Waals surface area (Å²) >= 11 is 0. The van der Waals surface area contributed by atoms with Crippen LogP contribution in [-0.4, -0.2) is 30.5 Å². The maximum absolute atomic E-state index is 11.7. The van der Waals surface area contributed by atoms with Crippen molar-refractivity contribution in [3.05, 3.63) is 39.9 Å². The number of carbonyl (C=O) groups excluding carboxylic acids is 1. The zero-order chi connectivity index (χ0) is 14.4. The Labute approximate surface area is 129 Å². The molecule has 0 spiro atoms. The minimum Gasteiger partial charge on any atom is -0.356 e. The lowest BCUT2D eigenvalue weighted by molar-refractivity contribution is -0.384. The predicted molar refractivity (Wildman–Crippen MR) is 82.7 cm³/mol. The molecular formula is C14H20ClN3O3. The summed E-state index contributed by atoms with van der Waals surface area (Å²) in [6.45, 7) is 2.80. The predicted octanol–water partition coefficient (Wildman–Crippen LogP) is 1.67. The fraction of sp³-hybridized carbons (Fsp3) is 0.500. The lowest BCUT2D eigenvalue weighted by Gasteiger charge is -2.09. The van der Waals surface area contributed by atoms with E-state index in [1.165, 1.54) is 18.6 Å². The Morgan fingerprint density at radius 3 is 2.67 bits per heavy atom. The Morgan fingerprint density at radius 1 is 1.38 bits per heavy atom. The molecule has 2 rings (SSSR count). The molecule has 0 radical (unpaired) electrons. The van der Waals surface area contributed by atoms with Crippen molar-refractivity contribution in [2.24, 2.45) is 5.92 Å². The van der Waals surface area contributed by atoms with E-state index in [-0.39, 0.29) is 30.4 Å². The van der Waals surface area contributed by atoms with Crippen molar-refractivity contribution in [1.29, 1.82) is 0 Å². The van der Waals surface area contributed by atoms with Gasteiger partial charge in [-0.25, -0.2) is 0 Å². The first kappa shape index (κ1) is 17.4. The summed E-state index contributed by atoms with van der Waals surface area (Å²) in [7, 11) is 0. The zero-order valence-electron chi connectivity index (χ0n) is 11.7. The summed E-state index contributed by atoms with van der Waals surface area (Å²) in [6.07, 6.45) is 2.44. The van der Waals surface area contributed by atoms with Crippen LogP contribution in [0.25, 0.3) is 0 Å². The van der Waals surface area contributed by atoms with Crippen molar-refractivity contribution >= 4 is 24.0 Å².